The molecule has 2 aromatic heterocycles. The van der Waals surface area contributed by atoms with E-state index in [9.17, 15) is 9.59 Å². The van der Waals surface area contributed by atoms with E-state index in [1.807, 2.05) is 61.5 Å². The van der Waals surface area contributed by atoms with Crippen LogP contribution in [0.25, 0.3) is 15.9 Å². The highest BCUT2D eigenvalue weighted by molar-refractivity contribution is 7.99. The van der Waals surface area contributed by atoms with Crippen molar-refractivity contribution < 1.29 is 4.79 Å². The highest BCUT2D eigenvalue weighted by Crippen LogP contribution is 2.37. The third-order valence-electron chi connectivity index (χ3n) is 5.98. The van der Waals surface area contributed by atoms with Gasteiger partial charge in [-0.25, -0.2) is 4.98 Å². The SMILES string of the molecule is Cc1ccc(-n2c(SCC(=O)Nc3ccccc3)nc3sc4c(c3c2=O)CCC(C)C4)cc1. The largest absolute Gasteiger partial charge is 0.325 e. The molecule has 0 bridgehead atoms. The first-order valence-corrected chi connectivity index (χ1v) is 12.9. The van der Waals surface area contributed by atoms with Crippen LogP contribution in [0.15, 0.2) is 64.5 Å². The third-order valence-corrected chi connectivity index (χ3v) is 8.07. The number of thiophene rings is 1. The lowest BCUT2D eigenvalue weighted by Crippen LogP contribution is -2.23. The zero-order valence-electron chi connectivity index (χ0n) is 18.6. The van der Waals surface area contributed by atoms with E-state index in [1.165, 1.54) is 22.2 Å². The van der Waals surface area contributed by atoms with Crippen LogP contribution in [-0.4, -0.2) is 21.2 Å². The van der Waals surface area contributed by atoms with Gasteiger partial charge in [-0.1, -0.05) is 54.6 Å². The maximum Gasteiger partial charge on any atom is 0.267 e. The van der Waals surface area contributed by atoms with Crippen molar-refractivity contribution >= 4 is 44.9 Å². The van der Waals surface area contributed by atoms with E-state index in [1.54, 1.807) is 15.9 Å². The fraction of sp³-hybridized carbons (Fsp3) is 0.269. The topological polar surface area (TPSA) is 64.0 Å². The summed E-state index contributed by atoms with van der Waals surface area (Å²) in [4.78, 5) is 33.4. The Bertz CT molecular complexity index is 1370. The van der Waals surface area contributed by atoms with Crippen molar-refractivity contribution in [2.45, 2.75) is 38.3 Å². The van der Waals surface area contributed by atoms with Crippen LogP contribution in [0, 0.1) is 12.8 Å². The second-order valence-corrected chi connectivity index (χ2v) is 10.6. The molecule has 5 rings (SSSR count). The number of aromatic nitrogens is 2. The number of carbonyl (C=O) groups excluding carboxylic acids is 1. The van der Waals surface area contributed by atoms with Crippen LogP contribution in [0.3, 0.4) is 0 Å². The van der Waals surface area contributed by atoms with Crippen molar-refractivity contribution in [3.8, 4) is 5.69 Å². The van der Waals surface area contributed by atoms with Crippen LogP contribution < -0.4 is 10.9 Å². The van der Waals surface area contributed by atoms with Crippen molar-refractivity contribution in [3.63, 3.8) is 0 Å². The number of aryl methyl sites for hydroxylation is 2. The number of hydrogen-bond acceptors (Lipinski definition) is 5. The van der Waals surface area contributed by atoms with Gasteiger partial charge in [-0.05, 0) is 61.9 Å². The van der Waals surface area contributed by atoms with Gasteiger partial charge in [0.15, 0.2) is 5.16 Å². The van der Waals surface area contributed by atoms with E-state index >= 15 is 0 Å². The number of hydrogen-bond donors (Lipinski definition) is 1. The lowest BCUT2D eigenvalue weighted by molar-refractivity contribution is -0.113. The molecular weight excluding hydrogens is 450 g/mol. The Morgan fingerprint density at radius 2 is 1.94 bits per heavy atom. The molecule has 0 saturated heterocycles. The van der Waals surface area contributed by atoms with Gasteiger partial charge >= 0.3 is 0 Å². The Morgan fingerprint density at radius 1 is 1.18 bits per heavy atom. The minimum atomic E-state index is -0.129. The Kier molecular flexibility index (Phi) is 6.08. The summed E-state index contributed by atoms with van der Waals surface area (Å²) in [6, 6.07) is 17.3. The molecule has 7 heteroatoms. The summed E-state index contributed by atoms with van der Waals surface area (Å²) in [7, 11) is 0. The third kappa shape index (κ3) is 4.48. The van der Waals surface area contributed by atoms with Gasteiger partial charge < -0.3 is 5.32 Å². The van der Waals surface area contributed by atoms with E-state index in [4.69, 9.17) is 4.98 Å². The highest BCUT2D eigenvalue weighted by Gasteiger charge is 2.25. The first-order valence-electron chi connectivity index (χ1n) is 11.1. The Hall–Kier alpha value is -2.90. The monoisotopic (exact) mass is 475 g/mol. The highest BCUT2D eigenvalue weighted by atomic mass is 32.2. The molecule has 0 radical (unpaired) electrons. The molecule has 0 aliphatic heterocycles. The normalized spacial score (nSPS) is 15.4. The molecule has 1 amide bonds. The maximum absolute atomic E-state index is 13.8. The summed E-state index contributed by atoms with van der Waals surface area (Å²) in [5.41, 5.74) is 3.78. The van der Waals surface area contributed by atoms with Gasteiger partial charge in [0.1, 0.15) is 4.83 Å². The molecular formula is C26H25N3O2S2. The zero-order valence-corrected chi connectivity index (χ0v) is 20.3. The molecule has 0 fully saturated rings. The van der Waals surface area contributed by atoms with Crippen LogP contribution in [0.5, 0.6) is 0 Å². The average molecular weight is 476 g/mol. The Morgan fingerprint density at radius 3 is 2.70 bits per heavy atom. The second kappa shape index (κ2) is 9.15. The summed E-state index contributed by atoms with van der Waals surface area (Å²) in [5.74, 6) is 0.664. The molecule has 2 aromatic carbocycles. The Labute approximate surface area is 200 Å². The molecule has 2 heterocycles. The predicted molar refractivity (Wildman–Crippen MR) is 137 cm³/mol. The van der Waals surface area contributed by atoms with Crippen molar-refractivity contribution in [1.82, 2.24) is 9.55 Å². The number of nitrogens with one attached hydrogen (secondary N) is 1. The predicted octanol–water partition coefficient (Wildman–Crippen LogP) is 5.61. The molecule has 0 saturated carbocycles. The van der Waals surface area contributed by atoms with Gasteiger partial charge in [0.05, 0.1) is 16.8 Å². The average Bonchev–Trinajstić information content (AvgIpc) is 3.17. The lowest BCUT2D eigenvalue weighted by atomic mass is 9.89. The van der Waals surface area contributed by atoms with Crippen molar-refractivity contribution in [2.75, 3.05) is 11.1 Å². The van der Waals surface area contributed by atoms with E-state index in [0.29, 0.717) is 11.1 Å². The van der Waals surface area contributed by atoms with Crippen LogP contribution in [0.2, 0.25) is 0 Å². The molecule has 1 unspecified atom stereocenters. The lowest BCUT2D eigenvalue weighted by Gasteiger charge is -2.18. The molecule has 0 spiro atoms. The summed E-state index contributed by atoms with van der Waals surface area (Å²) >= 11 is 2.93. The van der Waals surface area contributed by atoms with Crippen LogP contribution >= 0.6 is 23.1 Å². The minimum Gasteiger partial charge on any atom is -0.325 e. The van der Waals surface area contributed by atoms with Gasteiger partial charge in [0.2, 0.25) is 5.91 Å². The summed E-state index contributed by atoms with van der Waals surface area (Å²) in [6.45, 7) is 4.28. The zero-order chi connectivity index (χ0) is 22.9. The quantitative estimate of drug-likeness (QED) is 0.301. The molecule has 1 aliphatic carbocycles. The summed E-state index contributed by atoms with van der Waals surface area (Å²) in [6.07, 6.45) is 3.02. The van der Waals surface area contributed by atoms with Gasteiger partial charge in [-0.15, -0.1) is 11.3 Å². The molecule has 4 aromatic rings. The van der Waals surface area contributed by atoms with Gasteiger partial charge in [-0.3, -0.25) is 14.2 Å². The van der Waals surface area contributed by atoms with Gasteiger partial charge in [0.25, 0.3) is 5.56 Å². The number of para-hydroxylation sites is 1. The van der Waals surface area contributed by atoms with E-state index < -0.39 is 0 Å². The standard InChI is InChI=1S/C26H25N3O2S2/c1-16-8-11-19(12-9-16)29-25(31)23-20-13-10-17(2)14-21(20)33-24(23)28-26(29)32-15-22(30)27-18-6-4-3-5-7-18/h3-9,11-12,17H,10,13-15H2,1-2H3,(H,27,30). The van der Waals surface area contributed by atoms with Crippen molar-refractivity contribution in [1.29, 1.82) is 0 Å². The molecule has 1 aliphatic rings. The molecule has 33 heavy (non-hydrogen) atoms. The van der Waals surface area contributed by atoms with E-state index in [0.717, 1.165) is 46.4 Å². The molecule has 1 N–H and O–H groups in total. The first-order chi connectivity index (χ1) is 16.0. The summed E-state index contributed by atoms with van der Waals surface area (Å²) < 4.78 is 1.67. The first kappa shape index (κ1) is 21.9. The van der Waals surface area contributed by atoms with E-state index in [-0.39, 0.29) is 17.2 Å². The van der Waals surface area contributed by atoms with Crippen LogP contribution in [0.4, 0.5) is 5.69 Å². The Balaban J connectivity index is 1.54. The summed E-state index contributed by atoms with van der Waals surface area (Å²) in [5, 5.41) is 4.20. The van der Waals surface area contributed by atoms with Crippen molar-refractivity contribution in [2.24, 2.45) is 5.92 Å². The smallest absolute Gasteiger partial charge is 0.267 e. The number of anilines is 1. The molecule has 168 valence electrons. The number of amides is 1. The maximum atomic E-state index is 13.8. The number of fused-ring (bicyclic) bond motifs is 3. The number of rotatable bonds is 5. The number of carbonyl (C=O) groups is 1. The molecule has 5 nitrogen and oxygen atoms in total. The molecule has 1 atom stereocenters. The fourth-order valence-corrected chi connectivity index (χ4v) is 6.47. The fourth-order valence-electron chi connectivity index (χ4n) is 4.24. The van der Waals surface area contributed by atoms with Gasteiger partial charge in [-0.2, -0.15) is 0 Å². The van der Waals surface area contributed by atoms with Gasteiger partial charge in [0, 0.05) is 10.6 Å². The van der Waals surface area contributed by atoms with Crippen LogP contribution in [-0.2, 0) is 17.6 Å². The number of benzene rings is 2. The van der Waals surface area contributed by atoms with E-state index in [2.05, 4.69) is 12.2 Å². The minimum absolute atomic E-state index is 0.0399. The number of nitrogens with zero attached hydrogens (tertiary/aromatic N) is 2. The number of thioether (sulfide) groups is 1. The second-order valence-electron chi connectivity index (χ2n) is 8.61. The van der Waals surface area contributed by atoms with Crippen LogP contribution in [0.1, 0.15) is 29.3 Å². The van der Waals surface area contributed by atoms with Crippen molar-refractivity contribution in [3.05, 3.63) is 81.0 Å².